The summed E-state index contributed by atoms with van der Waals surface area (Å²) in [5, 5.41) is 0. The third-order valence-electron chi connectivity index (χ3n) is 2.24. The summed E-state index contributed by atoms with van der Waals surface area (Å²) in [6.07, 6.45) is 5.90. The Bertz CT molecular complexity index is 131. The molecule has 1 aliphatic rings. The van der Waals surface area contributed by atoms with E-state index in [2.05, 4.69) is 26.8 Å². The van der Waals surface area contributed by atoms with E-state index >= 15 is 0 Å². The molecule has 0 fully saturated rings. The van der Waals surface area contributed by atoms with Gasteiger partial charge in [0.2, 0.25) is 0 Å². The number of hydrogen-bond donors (Lipinski definition) is 0. The van der Waals surface area contributed by atoms with Crippen LogP contribution in [0.25, 0.3) is 0 Å². The minimum absolute atomic E-state index is 0.768. The van der Waals surface area contributed by atoms with E-state index in [1.807, 2.05) is 0 Å². The summed E-state index contributed by atoms with van der Waals surface area (Å²) in [7, 11) is 0. The second-order valence-electron chi connectivity index (χ2n) is 3.38. The standard InChI is InChI=1S/C10H16/c1-8(2)10-6-4-9(3)5-7-10/h4,8H,3,5-7H2,1-2H3. The van der Waals surface area contributed by atoms with Gasteiger partial charge in [-0.05, 0) is 38.0 Å². The summed E-state index contributed by atoms with van der Waals surface area (Å²) < 4.78 is 0. The molecule has 0 saturated heterocycles. The highest BCUT2D eigenvalue weighted by atomic mass is 14.2. The second kappa shape index (κ2) is 3.23. The minimum Gasteiger partial charge on any atom is -0.0847 e. The molecule has 0 atom stereocenters. The summed E-state index contributed by atoms with van der Waals surface area (Å²) in [6.45, 7) is 8.49. The molecule has 0 aromatic rings. The normalized spacial score (nSPS) is 21.4. The minimum atomic E-state index is 0.768. The average molecular weight is 136 g/mol. The summed E-state index contributed by atoms with van der Waals surface area (Å²) in [4.78, 5) is 0. The Morgan fingerprint density at radius 2 is 2.10 bits per heavy atom. The highest BCUT2D eigenvalue weighted by molar-refractivity contribution is 5.16. The van der Waals surface area contributed by atoms with Crippen molar-refractivity contribution < 1.29 is 0 Å². The van der Waals surface area contributed by atoms with Gasteiger partial charge in [0.25, 0.3) is 0 Å². The Balaban J connectivity index is 2.42. The molecular weight excluding hydrogens is 120 g/mol. The molecule has 0 N–H and O–H groups in total. The van der Waals surface area contributed by atoms with Crippen molar-refractivity contribution in [3.8, 4) is 0 Å². The molecule has 0 heteroatoms. The van der Waals surface area contributed by atoms with Crippen LogP contribution >= 0.6 is 0 Å². The average Bonchev–Trinajstić information content (AvgIpc) is 1.88. The molecule has 0 aromatic heterocycles. The van der Waals surface area contributed by atoms with Crippen LogP contribution in [0.3, 0.4) is 0 Å². The van der Waals surface area contributed by atoms with Gasteiger partial charge in [0.1, 0.15) is 0 Å². The van der Waals surface area contributed by atoms with Crippen LogP contribution in [0.4, 0.5) is 0 Å². The maximum absolute atomic E-state index is 3.94. The first-order chi connectivity index (χ1) is 4.70. The molecule has 0 amide bonds. The van der Waals surface area contributed by atoms with Gasteiger partial charge in [-0.25, -0.2) is 0 Å². The van der Waals surface area contributed by atoms with Crippen molar-refractivity contribution in [3.63, 3.8) is 0 Å². The fourth-order valence-electron chi connectivity index (χ4n) is 1.33. The molecule has 0 bridgehead atoms. The summed E-state index contributed by atoms with van der Waals surface area (Å²) >= 11 is 0. The molecule has 0 aromatic carbocycles. The van der Waals surface area contributed by atoms with Crippen molar-refractivity contribution in [2.75, 3.05) is 0 Å². The Kier molecular flexibility index (Phi) is 2.53. The van der Waals surface area contributed by atoms with E-state index in [9.17, 15) is 0 Å². The first-order valence-electron chi connectivity index (χ1n) is 4.05. The van der Waals surface area contributed by atoms with E-state index < -0.39 is 0 Å². The van der Waals surface area contributed by atoms with E-state index in [0.29, 0.717) is 0 Å². The van der Waals surface area contributed by atoms with Crippen molar-refractivity contribution in [2.24, 2.45) is 5.92 Å². The topological polar surface area (TPSA) is 0 Å². The lowest BCUT2D eigenvalue weighted by atomic mass is 9.83. The largest absolute Gasteiger partial charge is 0.0847 e. The fraction of sp³-hybridized carbons (Fsp3) is 0.600. The van der Waals surface area contributed by atoms with Gasteiger partial charge in [-0.2, -0.15) is 0 Å². The van der Waals surface area contributed by atoms with Crippen LogP contribution in [0.15, 0.2) is 11.6 Å². The molecular formula is C10H16. The first kappa shape index (κ1) is 7.84. The zero-order valence-electron chi connectivity index (χ0n) is 6.98. The maximum atomic E-state index is 3.94. The highest BCUT2D eigenvalue weighted by Gasteiger charge is 2.15. The Morgan fingerprint density at radius 3 is 2.50 bits per heavy atom. The van der Waals surface area contributed by atoms with Crippen LogP contribution in [0.1, 0.15) is 33.1 Å². The lowest BCUT2D eigenvalue weighted by Gasteiger charge is -2.22. The zero-order chi connectivity index (χ0) is 7.56. The van der Waals surface area contributed by atoms with E-state index in [0.717, 1.165) is 5.92 Å². The Hall–Kier alpha value is -0.260. The lowest BCUT2D eigenvalue weighted by Crippen LogP contribution is -2.08. The van der Waals surface area contributed by atoms with Crippen molar-refractivity contribution in [1.29, 1.82) is 0 Å². The summed E-state index contributed by atoms with van der Waals surface area (Å²) in [6, 6.07) is 0. The molecule has 0 nitrogen and oxygen atoms in total. The molecule has 1 aliphatic carbocycles. The third-order valence-corrected chi connectivity index (χ3v) is 2.24. The van der Waals surface area contributed by atoms with Crippen molar-refractivity contribution in [2.45, 2.75) is 33.1 Å². The van der Waals surface area contributed by atoms with Crippen LogP contribution in [0, 0.1) is 18.8 Å². The van der Waals surface area contributed by atoms with Crippen molar-refractivity contribution in [1.82, 2.24) is 0 Å². The lowest BCUT2D eigenvalue weighted by molar-refractivity contribution is 0.565. The fourth-order valence-corrected chi connectivity index (χ4v) is 1.33. The van der Waals surface area contributed by atoms with Crippen LogP contribution in [-0.2, 0) is 0 Å². The molecule has 0 aliphatic heterocycles. The number of rotatable bonds is 1. The predicted molar refractivity (Wildman–Crippen MR) is 45.4 cm³/mol. The van der Waals surface area contributed by atoms with E-state index in [4.69, 9.17) is 0 Å². The molecule has 0 heterocycles. The number of allylic oxidation sites excluding steroid dienone is 2. The van der Waals surface area contributed by atoms with Crippen LogP contribution in [-0.4, -0.2) is 0 Å². The van der Waals surface area contributed by atoms with Crippen molar-refractivity contribution >= 4 is 0 Å². The molecule has 10 heavy (non-hydrogen) atoms. The van der Waals surface area contributed by atoms with Crippen molar-refractivity contribution in [3.05, 3.63) is 24.5 Å². The maximum Gasteiger partial charge on any atom is -0.0175 e. The zero-order valence-corrected chi connectivity index (χ0v) is 6.98. The molecule has 0 saturated carbocycles. The first-order valence-corrected chi connectivity index (χ1v) is 4.05. The number of hydrogen-bond acceptors (Lipinski definition) is 0. The third kappa shape index (κ3) is 1.86. The van der Waals surface area contributed by atoms with Gasteiger partial charge in [-0.1, -0.05) is 25.5 Å². The van der Waals surface area contributed by atoms with Crippen LogP contribution in [0.5, 0.6) is 0 Å². The molecule has 2 radical (unpaired) electrons. The molecule has 56 valence electrons. The van der Waals surface area contributed by atoms with E-state index in [-0.39, 0.29) is 0 Å². The smallest absolute Gasteiger partial charge is 0.0175 e. The van der Waals surface area contributed by atoms with Gasteiger partial charge < -0.3 is 0 Å². The highest BCUT2D eigenvalue weighted by Crippen LogP contribution is 2.30. The Morgan fingerprint density at radius 1 is 1.40 bits per heavy atom. The van der Waals surface area contributed by atoms with Gasteiger partial charge in [-0.15, -0.1) is 0 Å². The van der Waals surface area contributed by atoms with E-state index in [1.165, 1.54) is 24.8 Å². The molecule has 0 unspecified atom stereocenters. The monoisotopic (exact) mass is 136 g/mol. The SMILES string of the molecule is [CH2]C1=CC[C](C(C)C)CC1. The van der Waals surface area contributed by atoms with Gasteiger partial charge >= 0.3 is 0 Å². The predicted octanol–water partition coefficient (Wildman–Crippen LogP) is 3.16. The quantitative estimate of drug-likeness (QED) is 0.519. The molecule has 0 spiro atoms. The van der Waals surface area contributed by atoms with Gasteiger partial charge in [0, 0.05) is 0 Å². The molecule has 1 rings (SSSR count). The van der Waals surface area contributed by atoms with Gasteiger partial charge in [0.05, 0.1) is 0 Å². The van der Waals surface area contributed by atoms with Gasteiger partial charge in [0.15, 0.2) is 0 Å². The van der Waals surface area contributed by atoms with Gasteiger partial charge in [-0.3, -0.25) is 0 Å². The van der Waals surface area contributed by atoms with E-state index in [1.54, 1.807) is 5.92 Å². The summed E-state index contributed by atoms with van der Waals surface area (Å²) in [5.41, 5.74) is 1.32. The summed E-state index contributed by atoms with van der Waals surface area (Å²) in [5.74, 6) is 2.46. The Labute approximate surface area is 64.3 Å². The van der Waals surface area contributed by atoms with Crippen LogP contribution < -0.4 is 0 Å². The second-order valence-corrected chi connectivity index (χ2v) is 3.38. The van der Waals surface area contributed by atoms with Crippen LogP contribution in [0.2, 0.25) is 0 Å².